The highest BCUT2D eigenvalue weighted by molar-refractivity contribution is 5.81. The molecular formula is C13H26N2O2. The molecule has 0 bridgehead atoms. The lowest BCUT2D eigenvalue weighted by atomic mass is 9.93. The fourth-order valence-corrected chi connectivity index (χ4v) is 2.57. The van der Waals surface area contributed by atoms with Gasteiger partial charge in [-0.1, -0.05) is 19.3 Å². The summed E-state index contributed by atoms with van der Waals surface area (Å²) in [6.45, 7) is 3.36. The molecule has 0 aromatic carbocycles. The van der Waals surface area contributed by atoms with Crippen LogP contribution >= 0.6 is 0 Å². The predicted molar refractivity (Wildman–Crippen MR) is 68.7 cm³/mol. The number of hydrogen-bond donors (Lipinski definition) is 1. The van der Waals surface area contributed by atoms with E-state index in [2.05, 4.69) is 0 Å². The SMILES string of the molecule is CCN(C(=O)C(N)CCOC)C1CCCCC1. The van der Waals surface area contributed by atoms with E-state index in [-0.39, 0.29) is 5.91 Å². The Labute approximate surface area is 104 Å². The van der Waals surface area contributed by atoms with E-state index in [9.17, 15) is 4.79 Å². The number of nitrogens with two attached hydrogens (primary N) is 1. The van der Waals surface area contributed by atoms with E-state index < -0.39 is 6.04 Å². The van der Waals surface area contributed by atoms with E-state index in [1.165, 1.54) is 19.3 Å². The van der Waals surface area contributed by atoms with Crippen LogP contribution in [-0.2, 0) is 9.53 Å². The smallest absolute Gasteiger partial charge is 0.239 e. The van der Waals surface area contributed by atoms with Gasteiger partial charge in [-0.2, -0.15) is 0 Å². The molecule has 1 rings (SSSR count). The van der Waals surface area contributed by atoms with Gasteiger partial charge in [-0.15, -0.1) is 0 Å². The van der Waals surface area contributed by atoms with Crippen LogP contribution in [0.2, 0.25) is 0 Å². The van der Waals surface area contributed by atoms with E-state index >= 15 is 0 Å². The topological polar surface area (TPSA) is 55.6 Å². The number of likely N-dealkylation sites (N-methyl/N-ethyl adjacent to an activating group) is 1. The molecule has 1 unspecified atom stereocenters. The summed E-state index contributed by atoms with van der Waals surface area (Å²) in [4.78, 5) is 14.2. The van der Waals surface area contributed by atoms with Gasteiger partial charge < -0.3 is 15.4 Å². The van der Waals surface area contributed by atoms with Crippen molar-refractivity contribution in [3.63, 3.8) is 0 Å². The zero-order valence-corrected chi connectivity index (χ0v) is 11.2. The monoisotopic (exact) mass is 242 g/mol. The van der Waals surface area contributed by atoms with E-state index in [0.29, 0.717) is 19.1 Å². The molecule has 0 aromatic rings. The Morgan fingerprint density at radius 1 is 1.41 bits per heavy atom. The summed E-state index contributed by atoms with van der Waals surface area (Å²) in [6.07, 6.45) is 6.66. The fraction of sp³-hybridized carbons (Fsp3) is 0.923. The van der Waals surface area contributed by atoms with Gasteiger partial charge >= 0.3 is 0 Å². The third-order valence-electron chi connectivity index (χ3n) is 3.59. The maximum Gasteiger partial charge on any atom is 0.239 e. The van der Waals surface area contributed by atoms with Crippen molar-refractivity contribution in [3.8, 4) is 0 Å². The Morgan fingerprint density at radius 3 is 2.59 bits per heavy atom. The van der Waals surface area contributed by atoms with Crippen molar-refractivity contribution in [3.05, 3.63) is 0 Å². The van der Waals surface area contributed by atoms with Crippen LogP contribution in [0.4, 0.5) is 0 Å². The molecule has 1 atom stereocenters. The number of carbonyl (C=O) groups excluding carboxylic acids is 1. The van der Waals surface area contributed by atoms with Crippen LogP contribution < -0.4 is 5.73 Å². The standard InChI is InChI=1S/C13H26N2O2/c1-3-15(11-7-5-4-6-8-11)13(16)12(14)9-10-17-2/h11-12H,3-10,14H2,1-2H3. The zero-order valence-electron chi connectivity index (χ0n) is 11.2. The number of carbonyl (C=O) groups is 1. The van der Waals surface area contributed by atoms with Crippen molar-refractivity contribution in [1.29, 1.82) is 0 Å². The second kappa shape index (κ2) is 7.67. The molecule has 4 nitrogen and oxygen atoms in total. The molecule has 0 aliphatic heterocycles. The highest BCUT2D eigenvalue weighted by Gasteiger charge is 2.27. The number of hydrogen-bond acceptors (Lipinski definition) is 3. The summed E-state index contributed by atoms with van der Waals surface area (Å²) >= 11 is 0. The molecule has 0 spiro atoms. The molecule has 0 radical (unpaired) electrons. The maximum absolute atomic E-state index is 12.2. The Hall–Kier alpha value is -0.610. The third kappa shape index (κ3) is 4.28. The summed E-state index contributed by atoms with van der Waals surface area (Å²) in [5.74, 6) is 0.0939. The lowest BCUT2D eigenvalue weighted by Crippen LogP contribution is -2.49. The molecular weight excluding hydrogens is 216 g/mol. The van der Waals surface area contributed by atoms with Gasteiger partial charge in [0.1, 0.15) is 0 Å². The van der Waals surface area contributed by atoms with Crippen molar-refractivity contribution < 1.29 is 9.53 Å². The second-order valence-electron chi connectivity index (χ2n) is 4.80. The molecule has 1 fully saturated rings. The molecule has 1 saturated carbocycles. The minimum atomic E-state index is -0.406. The first-order valence-electron chi connectivity index (χ1n) is 6.75. The van der Waals surface area contributed by atoms with Crippen molar-refractivity contribution >= 4 is 5.91 Å². The number of ether oxygens (including phenoxy) is 1. The van der Waals surface area contributed by atoms with Crippen molar-refractivity contribution in [1.82, 2.24) is 4.90 Å². The molecule has 4 heteroatoms. The van der Waals surface area contributed by atoms with E-state index in [4.69, 9.17) is 10.5 Å². The average Bonchev–Trinajstić information content (AvgIpc) is 2.38. The van der Waals surface area contributed by atoms with Crippen LogP contribution in [0.3, 0.4) is 0 Å². The summed E-state index contributed by atoms with van der Waals surface area (Å²) in [5.41, 5.74) is 5.92. The largest absolute Gasteiger partial charge is 0.385 e. The van der Waals surface area contributed by atoms with Gasteiger partial charge in [0, 0.05) is 26.3 Å². The Balaban J connectivity index is 2.49. The summed E-state index contributed by atoms with van der Waals surface area (Å²) in [7, 11) is 1.63. The van der Waals surface area contributed by atoms with E-state index in [1.807, 2.05) is 11.8 Å². The molecule has 0 saturated heterocycles. The molecule has 17 heavy (non-hydrogen) atoms. The Morgan fingerprint density at radius 2 is 2.06 bits per heavy atom. The average molecular weight is 242 g/mol. The first-order chi connectivity index (χ1) is 8.20. The van der Waals surface area contributed by atoms with Crippen LogP contribution in [0.25, 0.3) is 0 Å². The van der Waals surface area contributed by atoms with Crippen molar-refractivity contribution in [2.75, 3.05) is 20.3 Å². The third-order valence-corrected chi connectivity index (χ3v) is 3.59. The van der Waals surface area contributed by atoms with Crippen LogP contribution in [-0.4, -0.2) is 43.2 Å². The number of nitrogens with zero attached hydrogens (tertiary/aromatic N) is 1. The molecule has 1 amide bonds. The second-order valence-corrected chi connectivity index (χ2v) is 4.80. The number of methoxy groups -OCH3 is 1. The fourth-order valence-electron chi connectivity index (χ4n) is 2.57. The summed E-state index contributed by atoms with van der Waals surface area (Å²) in [5, 5.41) is 0. The van der Waals surface area contributed by atoms with Gasteiger partial charge in [-0.3, -0.25) is 4.79 Å². The summed E-state index contributed by atoms with van der Waals surface area (Å²) in [6, 6.07) is 0.00618. The quantitative estimate of drug-likeness (QED) is 0.768. The van der Waals surface area contributed by atoms with Crippen molar-refractivity contribution in [2.45, 2.75) is 57.5 Å². The Kier molecular flexibility index (Phi) is 6.52. The van der Waals surface area contributed by atoms with Gasteiger partial charge in [-0.25, -0.2) is 0 Å². The zero-order chi connectivity index (χ0) is 12.7. The van der Waals surface area contributed by atoms with E-state index in [0.717, 1.165) is 19.4 Å². The predicted octanol–water partition coefficient (Wildman–Crippen LogP) is 1.53. The lowest BCUT2D eigenvalue weighted by molar-refractivity contribution is -0.135. The molecule has 0 heterocycles. The van der Waals surface area contributed by atoms with Gasteiger partial charge in [0.2, 0.25) is 5.91 Å². The van der Waals surface area contributed by atoms with Crippen LogP contribution in [0.5, 0.6) is 0 Å². The maximum atomic E-state index is 12.2. The first-order valence-corrected chi connectivity index (χ1v) is 6.75. The van der Waals surface area contributed by atoms with Crippen LogP contribution in [0.15, 0.2) is 0 Å². The first kappa shape index (κ1) is 14.5. The molecule has 100 valence electrons. The molecule has 1 aliphatic carbocycles. The number of amides is 1. The summed E-state index contributed by atoms with van der Waals surface area (Å²) < 4.78 is 4.97. The molecule has 0 aromatic heterocycles. The number of rotatable bonds is 6. The van der Waals surface area contributed by atoms with Crippen molar-refractivity contribution in [2.24, 2.45) is 5.73 Å². The molecule has 1 aliphatic rings. The van der Waals surface area contributed by atoms with Gasteiger partial charge in [0.05, 0.1) is 6.04 Å². The van der Waals surface area contributed by atoms with Gasteiger partial charge in [-0.05, 0) is 26.2 Å². The molecule has 2 N–H and O–H groups in total. The van der Waals surface area contributed by atoms with Gasteiger partial charge in [0.15, 0.2) is 0 Å². The lowest BCUT2D eigenvalue weighted by Gasteiger charge is -2.35. The van der Waals surface area contributed by atoms with Crippen LogP contribution in [0, 0.1) is 0 Å². The highest BCUT2D eigenvalue weighted by atomic mass is 16.5. The van der Waals surface area contributed by atoms with Gasteiger partial charge in [0.25, 0.3) is 0 Å². The highest BCUT2D eigenvalue weighted by Crippen LogP contribution is 2.23. The Bertz CT molecular complexity index is 227. The minimum Gasteiger partial charge on any atom is -0.385 e. The van der Waals surface area contributed by atoms with E-state index in [1.54, 1.807) is 7.11 Å². The normalized spacial score (nSPS) is 19.0. The van der Waals surface area contributed by atoms with Crippen LogP contribution in [0.1, 0.15) is 45.4 Å². The minimum absolute atomic E-state index is 0.0939.